The van der Waals surface area contributed by atoms with Gasteiger partial charge in [0.2, 0.25) is 0 Å². The minimum absolute atomic E-state index is 0.158. The number of benzene rings is 1. The summed E-state index contributed by atoms with van der Waals surface area (Å²) in [6.07, 6.45) is 2.12. The molecule has 2 aromatic rings. The van der Waals surface area contributed by atoms with Gasteiger partial charge in [-0.05, 0) is 13.1 Å². The fourth-order valence-electron chi connectivity index (χ4n) is 2.61. The van der Waals surface area contributed by atoms with Gasteiger partial charge in [-0.1, -0.05) is 18.2 Å². The molecule has 0 amide bonds. The van der Waals surface area contributed by atoms with Crippen LogP contribution in [0.2, 0.25) is 0 Å². The maximum absolute atomic E-state index is 12.4. The molecule has 1 aromatic carbocycles. The van der Waals surface area contributed by atoms with Gasteiger partial charge in [-0.3, -0.25) is 4.79 Å². The Morgan fingerprint density at radius 3 is 3.16 bits per heavy atom. The summed E-state index contributed by atoms with van der Waals surface area (Å²) >= 11 is 0. The number of ketones is 1. The van der Waals surface area contributed by atoms with E-state index in [4.69, 9.17) is 4.42 Å². The second kappa shape index (κ2) is 5.15. The van der Waals surface area contributed by atoms with Crippen LogP contribution in [-0.2, 0) is 0 Å². The van der Waals surface area contributed by atoms with Crippen molar-refractivity contribution < 1.29 is 9.21 Å². The summed E-state index contributed by atoms with van der Waals surface area (Å²) in [5, 5.41) is 4.25. The maximum Gasteiger partial charge on any atom is 0.168 e. The molecule has 1 aromatic heterocycles. The molecule has 1 fully saturated rings. The number of hydrogen-bond donors (Lipinski definition) is 1. The highest BCUT2D eigenvalue weighted by Gasteiger charge is 2.23. The molecule has 2 heterocycles. The lowest BCUT2D eigenvalue weighted by Gasteiger charge is -2.32. The van der Waals surface area contributed by atoms with E-state index in [1.807, 2.05) is 24.3 Å². The van der Waals surface area contributed by atoms with Crippen molar-refractivity contribution in [2.45, 2.75) is 12.5 Å². The Kier molecular flexibility index (Phi) is 3.36. The van der Waals surface area contributed by atoms with Crippen molar-refractivity contribution in [3.8, 4) is 0 Å². The number of carbonyl (C=O) groups is 1. The molecule has 100 valence electrons. The van der Waals surface area contributed by atoms with Crippen molar-refractivity contribution in [2.24, 2.45) is 0 Å². The molecule has 1 aliphatic rings. The van der Waals surface area contributed by atoms with Crippen LogP contribution in [0.4, 0.5) is 0 Å². The van der Waals surface area contributed by atoms with Gasteiger partial charge >= 0.3 is 0 Å². The van der Waals surface area contributed by atoms with E-state index >= 15 is 0 Å². The molecule has 1 saturated heterocycles. The Morgan fingerprint density at radius 1 is 1.47 bits per heavy atom. The lowest BCUT2D eigenvalue weighted by Crippen LogP contribution is -2.49. The van der Waals surface area contributed by atoms with Crippen molar-refractivity contribution in [1.29, 1.82) is 0 Å². The first-order valence-electron chi connectivity index (χ1n) is 6.66. The zero-order valence-electron chi connectivity index (χ0n) is 11.1. The molecule has 19 heavy (non-hydrogen) atoms. The summed E-state index contributed by atoms with van der Waals surface area (Å²) in [4.78, 5) is 14.7. The number of rotatable bonds is 3. The molecule has 0 saturated carbocycles. The number of likely N-dealkylation sites (N-methyl/N-ethyl adjacent to an activating group) is 1. The first-order chi connectivity index (χ1) is 9.25. The Labute approximate surface area is 112 Å². The number of piperazine rings is 1. The van der Waals surface area contributed by atoms with Crippen LogP contribution < -0.4 is 5.32 Å². The Bertz CT molecular complexity index is 591. The van der Waals surface area contributed by atoms with E-state index in [9.17, 15) is 4.79 Å². The molecule has 3 rings (SSSR count). The average Bonchev–Trinajstić information content (AvgIpc) is 2.85. The predicted molar refractivity (Wildman–Crippen MR) is 74.4 cm³/mol. The van der Waals surface area contributed by atoms with Gasteiger partial charge in [0.1, 0.15) is 11.8 Å². The van der Waals surface area contributed by atoms with Crippen molar-refractivity contribution in [1.82, 2.24) is 10.2 Å². The molecule has 0 spiro atoms. The van der Waals surface area contributed by atoms with Crippen molar-refractivity contribution in [3.05, 3.63) is 36.1 Å². The van der Waals surface area contributed by atoms with E-state index in [0.717, 1.165) is 30.6 Å². The van der Waals surface area contributed by atoms with Gasteiger partial charge in [0, 0.05) is 37.5 Å². The van der Waals surface area contributed by atoms with Crippen LogP contribution in [0.3, 0.4) is 0 Å². The van der Waals surface area contributed by atoms with E-state index < -0.39 is 0 Å². The highest BCUT2D eigenvalue weighted by Crippen LogP contribution is 2.23. The minimum atomic E-state index is 0.158. The summed E-state index contributed by atoms with van der Waals surface area (Å²) in [5.41, 5.74) is 1.48. The Morgan fingerprint density at radius 2 is 2.32 bits per heavy atom. The number of Topliss-reactive ketones (excluding diaryl/α,β-unsaturated/α-hetero) is 1. The zero-order valence-corrected chi connectivity index (χ0v) is 11.1. The fourth-order valence-corrected chi connectivity index (χ4v) is 2.61. The largest absolute Gasteiger partial charge is 0.464 e. The van der Waals surface area contributed by atoms with Crippen LogP contribution in [0, 0.1) is 0 Å². The minimum Gasteiger partial charge on any atom is -0.464 e. The number of hydrogen-bond acceptors (Lipinski definition) is 4. The standard InChI is InChI=1S/C15H18N2O2/c1-17-7-6-16-9-11(17)8-14(18)13-10-19-15-5-3-2-4-12(13)15/h2-5,10-11,16H,6-9H2,1H3. The normalized spacial score (nSPS) is 20.8. The topological polar surface area (TPSA) is 45.5 Å². The number of furan rings is 1. The third-order valence-corrected chi connectivity index (χ3v) is 3.85. The molecule has 1 N–H and O–H groups in total. The lowest BCUT2D eigenvalue weighted by molar-refractivity contribution is 0.0918. The molecular weight excluding hydrogens is 240 g/mol. The summed E-state index contributed by atoms with van der Waals surface area (Å²) in [5.74, 6) is 0.158. The van der Waals surface area contributed by atoms with Gasteiger partial charge in [0.05, 0.1) is 5.56 Å². The Hall–Kier alpha value is -1.65. The van der Waals surface area contributed by atoms with Crippen LogP contribution in [0.25, 0.3) is 11.0 Å². The molecule has 1 unspecified atom stereocenters. The molecular formula is C15H18N2O2. The third-order valence-electron chi connectivity index (χ3n) is 3.85. The highest BCUT2D eigenvalue weighted by atomic mass is 16.3. The maximum atomic E-state index is 12.4. The first-order valence-corrected chi connectivity index (χ1v) is 6.66. The van der Waals surface area contributed by atoms with E-state index in [1.54, 1.807) is 6.26 Å². The summed E-state index contributed by atoms with van der Waals surface area (Å²) < 4.78 is 5.44. The predicted octanol–water partition coefficient (Wildman–Crippen LogP) is 1.91. The number of carbonyl (C=O) groups excluding carboxylic acids is 1. The van der Waals surface area contributed by atoms with Gasteiger partial charge in [0.25, 0.3) is 0 Å². The van der Waals surface area contributed by atoms with Gasteiger partial charge in [-0.25, -0.2) is 0 Å². The van der Waals surface area contributed by atoms with Gasteiger partial charge in [0.15, 0.2) is 5.78 Å². The molecule has 0 bridgehead atoms. The quantitative estimate of drug-likeness (QED) is 0.854. The van der Waals surface area contributed by atoms with Crippen molar-refractivity contribution in [2.75, 3.05) is 26.7 Å². The van der Waals surface area contributed by atoms with E-state index in [2.05, 4.69) is 17.3 Å². The van der Waals surface area contributed by atoms with Crippen LogP contribution in [0.5, 0.6) is 0 Å². The number of nitrogens with zero attached hydrogens (tertiary/aromatic N) is 1. The molecule has 1 aliphatic heterocycles. The summed E-state index contributed by atoms with van der Waals surface area (Å²) in [6, 6.07) is 7.95. The van der Waals surface area contributed by atoms with Crippen molar-refractivity contribution in [3.63, 3.8) is 0 Å². The first kappa shape index (κ1) is 12.4. The summed E-state index contributed by atoms with van der Waals surface area (Å²) in [7, 11) is 2.08. The van der Waals surface area contributed by atoms with E-state index in [0.29, 0.717) is 12.0 Å². The highest BCUT2D eigenvalue weighted by molar-refractivity contribution is 6.07. The van der Waals surface area contributed by atoms with E-state index in [-0.39, 0.29) is 11.8 Å². The lowest BCUT2D eigenvalue weighted by atomic mass is 10.0. The van der Waals surface area contributed by atoms with Crippen LogP contribution in [0.15, 0.2) is 34.9 Å². The third kappa shape index (κ3) is 2.41. The molecule has 1 atom stereocenters. The SMILES string of the molecule is CN1CCNCC1CC(=O)c1coc2ccccc12. The molecule has 0 radical (unpaired) electrons. The smallest absolute Gasteiger partial charge is 0.168 e. The fraction of sp³-hybridized carbons (Fsp3) is 0.400. The average molecular weight is 258 g/mol. The Balaban J connectivity index is 1.80. The molecule has 4 heteroatoms. The van der Waals surface area contributed by atoms with Crippen molar-refractivity contribution >= 4 is 16.8 Å². The summed E-state index contributed by atoms with van der Waals surface area (Å²) in [6.45, 7) is 2.86. The number of nitrogens with one attached hydrogen (secondary N) is 1. The molecule has 4 nitrogen and oxygen atoms in total. The number of para-hydroxylation sites is 1. The second-order valence-electron chi connectivity index (χ2n) is 5.11. The van der Waals surface area contributed by atoms with Gasteiger partial charge < -0.3 is 14.6 Å². The second-order valence-corrected chi connectivity index (χ2v) is 5.11. The van der Waals surface area contributed by atoms with Gasteiger partial charge in [-0.15, -0.1) is 0 Å². The molecule has 0 aliphatic carbocycles. The van der Waals surface area contributed by atoms with Crippen LogP contribution in [0.1, 0.15) is 16.8 Å². The monoisotopic (exact) mass is 258 g/mol. The number of fused-ring (bicyclic) bond motifs is 1. The van der Waals surface area contributed by atoms with Gasteiger partial charge in [-0.2, -0.15) is 0 Å². The van der Waals surface area contributed by atoms with E-state index in [1.165, 1.54) is 0 Å². The van der Waals surface area contributed by atoms with Crippen LogP contribution in [-0.4, -0.2) is 43.4 Å². The zero-order chi connectivity index (χ0) is 13.2. The van der Waals surface area contributed by atoms with Crippen LogP contribution >= 0.6 is 0 Å².